The zero-order chi connectivity index (χ0) is 17.4. The molecular formula is C16H22ClNO5. The summed E-state index contributed by atoms with van der Waals surface area (Å²) in [6, 6.07) is 2.99. The van der Waals surface area contributed by atoms with Crippen molar-refractivity contribution < 1.29 is 24.2 Å². The summed E-state index contributed by atoms with van der Waals surface area (Å²) in [5, 5.41) is 9.04. The molecule has 0 spiro atoms. The molecule has 0 aliphatic carbocycles. The van der Waals surface area contributed by atoms with Crippen molar-refractivity contribution in [3.05, 3.63) is 22.7 Å². The Balaban J connectivity index is 3.06. The SMILES string of the molecule is CCCCOc1c(Cl)cc(C(=O)N(C)CC(=O)O)cc1OCC. The van der Waals surface area contributed by atoms with Gasteiger partial charge in [-0.1, -0.05) is 24.9 Å². The number of carbonyl (C=O) groups is 2. The highest BCUT2D eigenvalue weighted by Crippen LogP contribution is 2.37. The zero-order valence-corrected chi connectivity index (χ0v) is 14.4. The molecule has 23 heavy (non-hydrogen) atoms. The number of rotatable bonds is 9. The van der Waals surface area contributed by atoms with Gasteiger partial charge in [0.15, 0.2) is 11.5 Å². The Bertz CT molecular complexity index is 562. The third-order valence-electron chi connectivity index (χ3n) is 3.02. The van der Waals surface area contributed by atoms with Crippen molar-refractivity contribution in [1.82, 2.24) is 4.90 Å². The van der Waals surface area contributed by atoms with Crippen molar-refractivity contribution in [1.29, 1.82) is 0 Å². The van der Waals surface area contributed by atoms with Crippen molar-refractivity contribution in [3.8, 4) is 11.5 Å². The van der Waals surface area contributed by atoms with Crippen LogP contribution in [0.3, 0.4) is 0 Å². The minimum absolute atomic E-state index is 0.255. The Morgan fingerprint density at radius 3 is 2.52 bits per heavy atom. The first-order chi connectivity index (χ1) is 10.9. The van der Waals surface area contributed by atoms with Gasteiger partial charge in [-0.3, -0.25) is 9.59 Å². The summed E-state index contributed by atoms with van der Waals surface area (Å²) in [5.74, 6) is -0.755. The van der Waals surface area contributed by atoms with Gasteiger partial charge in [0.05, 0.1) is 18.2 Å². The minimum Gasteiger partial charge on any atom is -0.490 e. The Labute approximate surface area is 140 Å². The number of amides is 1. The van der Waals surface area contributed by atoms with Crippen LogP contribution in [0.1, 0.15) is 37.0 Å². The third-order valence-corrected chi connectivity index (χ3v) is 3.30. The lowest BCUT2D eigenvalue weighted by molar-refractivity contribution is -0.137. The first-order valence-electron chi connectivity index (χ1n) is 7.47. The maximum absolute atomic E-state index is 12.3. The second-order valence-corrected chi connectivity index (χ2v) is 5.38. The van der Waals surface area contributed by atoms with Crippen LogP contribution in [-0.4, -0.2) is 48.7 Å². The number of carbonyl (C=O) groups excluding carboxylic acids is 1. The Morgan fingerprint density at radius 2 is 1.96 bits per heavy atom. The number of ether oxygens (including phenoxy) is 2. The first kappa shape index (κ1) is 19.1. The van der Waals surface area contributed by atoms with E-state index in [2.05, 4.69) is 6.92 Å². The molecule has 0 aromatic heterocycles. The molecule has 7 heteroatoms. The van der Waals surface area contributed by atoms with E-state index in [1.54, 1.807) is 0 Å². The van der Waals surface area contributed by atoms with E-state index in [0.29, 0.717) is 24.7 Å². The highest BCUT2D eigenvalue weighted by molar-refractivity contribution is 6.32. The number of hydrogen-bond acceptors (Lipinski definition) is 4. The van der Waals surface area contributed by atoms with E-state index in [-0.39, 0.29) is 10.6 Å². The van der Waals surface area contributed by atoms with E-state index >= 15 is 0 Å². The predicted molar refractivity (Wildman–Crippen MR) is 87.6 cm³/mol. The van der Waals surface area contributed by atoms with Gasteiger partial charge in [0.2, 0.25) is 0 Å². The lowest BCUT2D eigenvalue weighted by atomic mass is 10.1. The molecule has 0 unspecified atom stereocenters. The summed E-state index contributed by atoms with van der Waals surface area (Å²) in [6.07, 6.45) is 1.86. The number of halogens is 1. The van der Waals surface area contributed by atoms with Crippen molar-refractivity contribution in [3.63, 3.8) is 0 Å². The normalized spacial score (nSPS) is 10.3. The first-order valence-corrected chi connectivity index (χ1v) is 7.84. The van der Waals surface area contributed by atoms with Gasteiger partial charge in [-0.05, 0) is 25.5 Å². The second kappa shape index (κ2) is 9.25. The second-order valence-electron chi connectivity index (χ2n) is 4.98. The van der Waals surface area contributed by atoms with Crippen LogP contribution in [-0.2, 0) is 4.79 Å². The van der Waals surface area contributed by atoms with Crippen molar-refractivity contribution in [2.24, 2.45) is 0 Å². The van der Waals surface area contributed by atoms with Crippen LogP contribution >= 0.6 is 11.6 Å². The number of benzene rings is 1. The van der Waals surface area contributed by atoms with Gasteiger partial charge in [0.25, 0.3) is 5.91 Å². The van der Waals surface area contributed by atoms with E-state index in [1.807, 2.05) is 6.92 Å². The van der Waals surface area contributed by atoms with Crippen LogP contribution < -0.4 is 9.47 Å². The van der Waals surface area contributed by atoms with E-state index in [1.165, 1.54) is 19.2 Å². The zero-order valence-electron chi connectivity index (χ0n) is 13.6. The predicted octanol–water partition coefficient (Wildman–Crippen LogP) is 3.07. The number of hydrogen-bond donors (Lipinski definition) is 1. The fourth-order valence-electron chi connectivity index (χ4n) is 1.91. The standard InChI is InChI=1S/C16H22ClNO5/c1-4-6-7-23-15-12(17)8-11(9-13(15)22-5-2)16(21)18(3)10-14(19)20/h8-9H,4-7,10H2,1-3H3,(H,19,20). The minimum atomic E-state index is -1.09. The highest BCUT2D eigenvalue weighted by atomic mass is 35.5. The molecule has 0 atom stereocenters. The number of carboxylic acid groups (broad SMARTS) is 1. The van der Waals surface area contributed by atoms with Gasteiger partial charge in [0.1, 0.15) is 6.54 Å². The summed E-state index contributed by atoms with van der Waals surface area (Å²) in [5.41, 5.74) is 0.255. The quantitative estimate of drug-likeness (QED) is 0.697. The molecule has 0 aliphatic heterocycles. The van der Waals surface area contributed by atoms with Gasteiger partial charge >= 0.3 is 5.97 Å². The molecule has 6 nitrogen and oxygen atoms in total. The maximum atomic E-state index is 12.3. The Kier molecular flexibility index (Phi) is 7.68. The third kappa shape index (κ3) is 5.63. The molecule has 1 aromatic carbocycles. The lowest BCUT2D eigenvalue weighted by Crippen LogP contribution is -2.31. The van der Waals surface area contributed by atoms with E-state index in [9.17, 15) is 9.59 Å². The lowest BCUT2D eigenvalue weighted by Gasteiger charge is -2.18. The van der Waals surface area contributed by atoms with E-state index in [4.69, 9.17) is 26.2 Å². The number of aliphatic carboxylic acids is 1. The number of nitrogens with zero attached hydrogens (tertiary/aromatic N) is 1. The van der Waals surface area contributed by atoms with Crippen molar-refractivity contribution in [2.45, 2.75) is 26.7 Å². The Hall–Kier alpha value is -1.95. The number of unbranched alkanes of at least 4 members (excludes halogenated alkanes) is 1. The molecule has 1 N–H and O–H groups in total. The summed E-state index contributed by atoms with van der Waals surface area (Å²) < 4.78 is 11.1. The molecule has 0 saturated carbocycles. The average Bonchev–Trinajstić information content (AvgIpc) is 2.48. The van der Waals surface area contributed by atoms with Gasteiger partial charge in [0, 0.05) is 12.6 Å². The van der Waals surface area contributed by atoms with E-state index < -0.39 is 18.4 Å². The van der Waals surface area contributed by atoms with E-state index in [0.717, 1.165) is 17.7 Å². The molecule has 1 rings (SSSR count). The fourth-order valence-corrected chi connectivity index (χ4v) is 2.17. The number of carboxylic acids is 1. The van der Waals surface area contributed by atoms with Crippen LogP contribution in [0.25, 0.3) is 0 Å². The molecule has 1 amide bonds. The number of likely N-dealkylation sites (N-methyl/N-ethyl adjacent to an activating group) is 1. The van der Waals surface area contributed by atoms with Gasteiger partial charge < -0.3 is 19.5 Å². The van der Waals surface area contributed by atoms with Crippen LogP contribution in [0.4, 0.5) is 0 Å². The summed E-state index contributed by atoms with van der Waals surface area (Å²) in [4.78, 5) is 24.1. The summed E-state index contributed by atoms with van der Waals surface area (Å²) >= 11 is 6.21. The summed E-state index contributed by atoms with van der Waals surface area (Å²) in [6.45, 7) is 4.37. The Morgan fingerprint density at radius 1 is 1.26 bits per heavy atom. The van der Waals surface area contributed by atoms with Crippen LogP contribution in [0.2, 0.25) is 5.02 Å². The molecule has 0 fully saturated rings. The van der Waals surface area contributed by atoms with Crippen LogP contribution in [0, 0.1) is 0 Å². The topological polar surface area (TPSA) is 76.1 Å². The molecule has 0 bridgehead atoms. The molecule has 0 radical (unpaired) electrons. The summed E-state index contributed by atoms with van der Waals surface area (Å²) in [7, 11) is 1.41. The monoisotopic (exact) mass is 343 g/mol. The largest absolute Gasteiger partial charge is 0.490 e. The molecule has 0 aliphatic rings. The average molecular weight is 344 g/mol. The van der Waals surface area contributed by atoms with Crippen molar-refractivity contribution in [2.75, 3.05) is 26.8 Å². The molecule has 1 aromatic rings. The van der Waals surface area contributed by atoms with Crippen molar-refractivity contribution >= 4 is 23.5 Å². The smallest absolute Gasteiger partial charge is 0.323 e. The van der Waals surface area contributed by atoms with Crippen LogP contribution in [0.5, 0.6) is 11.5 Å². The fraction of sp³-hybridized carbons (Fsp3) is 0.500. The maximum Gasteiger partial charge on any atom is 0.323 e. The molecule has 0 saturated heterocycles. The molecule has 128 valence electrons. The van der Waals surface area contributed by atoms with Gasteiger partial charge in [-0.25, -0.2) is 0 Å². The van der Waals surface area contributed by atoms with Gasteiger partial charge in [-0.15, -0.1) is 0 Å². The highest BCUT2D eigenvalue weighted by Gasteiger charge is 2.19. The molecule has 0 heterocycles. The van der Waals surface area contributed by atoms with Gasteiger partial charge in [-0.2, -0.15) is 0 Å². The molecular weight excluding hydrogens is 322 g/mol. The van der Waals surface area contributed by atoms with Crippen LogP contribution in [0.15, 0.2) is 12.1 Å².